The van der Waals surface area contributed by atoms with Crippen molar-refractivity contribution in [3.8, 4) is 0 Å². The van der Waals surface area contributed by atoms with Crippen LogP contribution in [-0.4, -0.2) is 24.0 Å². The molecule has 0 amide bonds. The van der Waals surface area contributed by atoms with E-state index >= 15 is 0 Å². The Morgan fingerprint density at radius 3 is 2.68 bits per heavy atom. The molecule has 1 saturated heterocycles. The van der Waals surface area contributed by atoms with E-state index in [0.717, 1.165) is 35.9 Å². The Morgan fingerprint density at radius 2 is 1.96 bits per heavy atom. The van der Waals surface area contributed by atoms with E-state index in [-0.39, 0.29) is 24.0 Å². The van der Waals surface area contributed by atoms with Gasteiger partial charge in [0.1, 0.15) is 5.82 Å². The second-order valence-electron chi connectivity index (χ2n) is 6.33. The maximum absolute atomic E-state index is 6.04. The molecular weight excluding hydrogens is 425 g/mol. The molecule has 1 aromatic heterocycles. The van der Waals surface area contributed by atoms with Gasteiger partial charge in [-0.3, -0.25) is 0 Å². The van der Waals surface area contributed by atoms with Crippen molar-refractivity contribution in [2.24, 2.45) is 10.7 Å². The number of rotatable bonds is 4. The number of aromatic nitrogens is 1. The molecule has 134 valence electrons. The number of aryl methyl sites for hydroxylation is 2. The van der Waals surface area contributed by atoms with Crippen LogP contribution in [0.5, 0.6) is 0 Å². The lowest BCUT2D eigenvalue weighted by atomic mass is 10.2. The molecule has 0 aliphatic carbocycles. The molecule has 0 radical (unpaired) electrons. The average molecular weight is 451 g/mol. The number of nitrogens with two attached hydrogens (primary N) is 1. The van der Waals surface area contributed by atoms with Crippen molar-refractivity contribution >= 4 is 41.4 Å². The van der Waals surface area contributed by atoms with Gasteiger partial charge in [0, 0.05) is 30.0 Å². The smallest absolute Gasteiger partial charge is 0.193 e. The number of halogens is 1. The van der Waals surface area contributed by atoms with Gasteiger partial charge < -0.3 is 16.0 Å². The molecule has 0 unspecified atom stereocenters. The van der Waals surface area contributed by atoms with E-state index in [1.807, 2.05) is 31.2 Å². The highest BCUT2D eigenvalue weighted by Crippen LogP contribution is 2.23. The van der Waals surface area contributed by atoms with Crippen LogP contribution in [0.25, 0.3) is 0 Å². The van der Waals surface area contributed by atoms with Crippen LogP contribution in [0.2, 0.25) is 0 Å². The number of guanidine groups is 1. The van der Waals surface area contributed by atoms with E-state index in [0.29, 0.717) is 12.5 Å². The third-order valence-corrected chi connectivity index (χ3v) is 4.21. The normalized spacial score (nSPS) is 14.3. The molecule has 3 rings (SSSR count). The van der Waals surface area contributed by atoms with Gasteiger partial charge in [-0.1, -0.05) is 18.2 Å². The predicted octanol–water partition coefficient (Wildman–Crippen LogP) is 3.84. The monoisotopic (exact) mass is 451 g/mol. The minimum absolute atomic E-state index is 0. The van der Waals surface area contributed by atoms with Crippen LogP contribution in [0.1, 0.15) is 29.7 Å². The van der Waals surface area contributed by atoms with E-state index in [1.54, 1.807) is 0 Å². The van der Waals surface area contributed by atoms with E-state index in [1.165, 1.54) is 18.4 Å². The summed E-state index contributed by atoms with van der Waals surface area (Å²) in [6, 6.07) is 12.2. The van der Waals surface area contributed by atoms with Crippen LogP contribution in [0, 0.1) is 13.8 Å². The Morgan fingerprint density at radius 1 is 1.20 bits per heavy atom. The largest absolute Gasteiger partial charge is 0.370 e. The number of hydrogen-bond donors (Lipinski definition) is 2. The van der Waals surface area contributed by atoms with Gasteiger partial charge in [0.15, 0.2) is 5.96 Å². The Kier molecular flexibility index (Phi) is 7.04. The molecule has 0 spiro atoms. The molecule has 1 fully saturated rings. The number of nitrogens with one attached hydrogen (secondary N) is 1. The number of anilines is 2. The molecule has 0 bridgehead atoms. The summed E-state index contributed by atoms with van der Waals surface area (Å²) in [5, 5.41) is 3.15. The summed E-state index contributed by atoms with van der Waals surface area (Å²) in [5.41, 5.74) is 10.3. The van der Waals surface area contributed by atoms with Gasteiger partial charge in [-0.15, -0.1) is 24.0 Å². The quantitative estimate of drug-likeness (QED) is 0.421. The van der Waals surface area contributed by atoms with Gasteiger partial charge in [0.05, 0.1) is 6.54 Å². The van der Waals surface area contributed by atoms with Crippen LogP contribution < -0.4 is 16.0 Å². The molecule has 5 nitrogen and oxygen atoms in total. The van der Waals surface area contributed by atoms with Crippen molar-refractivity contribution in [3.05, 3.63) is 53.2 Å². The van der Waals surface area contributed by atoms with Gasteiger partial charge in [0.2, 0.25) is 0 Å². The van der Waals surface area contributed by atoms with Gasteiger partial charge in [-0.25, -0.2) is 9.98 Å². The maximum atomic E-state index is 6.04. The Bertz CT molecular complexity index is 738. The molecule has 0 atom stereocenters. The minimum Gasteiger partial charge on any atom is -0.370 e. The van der Waals surface area contributed by atoms with Gasteiger partial charge in [-0.2, -0.15) is 0 Å². The minimum atomic E-state index is 0. The van der Waals surface area contributed by atoms with Gasteiger partial charge in [0.25, 0.3) is 0 Å². The predicted molar refractivity (Wildman–Crippen MR) is 116 cm³/mol. The fourth-order valence-corrected chi connectivity index (χ4v) is 2.98. The molecule has 0 saturated carbocycles. The van der Waals surface area contributed by atoms with Crippen LogP contribution >= 0.6 is 24.0 Å². The molecule has 1 aliphatic rings. The molecule has 1 aliphatic heterocycles. The zero-order chi connectivity index (χ0) is 16.9. The molecule has 25 heavy (non-hydrogen) atoms. The average Bonchev–Trinajstić information content (AvgIpc) is 3.08. The summed E-state index contributed by atoms with van der Waals surface area (Å²) in [6.07, 6.45) is 2.46. The fraction of sp³-hybridized carbons (Fsp3) is 0.368. The molecule has 2 aromatic rings. The lowest BCUT2D eigenvalue weighted by Crippen LogP contribution is -2.23. The molecule has 3 N–H and O–H groups in total. The molecule has 1 aromatic carbocycles. The first-order valence-corrected chi connectivity index (χ1v) is 8.47. The SMILES string of the molecule is Cc1cccc(NC(N)=NCc2ccc(C)nc2N2CCCC2)c1.I. The van der Waals surface area contributed by atoms with Gasteiger partial charge >= 0.3 is 0 Å². The third kappa shape index (κ3) is 5.32. The number of benzene rings is 1. The van der Waals surface area contributed by atoms with Crippen molar-refractivity contribution < 1.29 is 0 Å². The van der Waals surface area contributed by atoms with Crippen molar-refractivity contribution in [1.82, 2.24) is 4.98 Å². The van der Waals surface area contributed by atoms with Crippen LogP contribution in [-0.2, 0) is 6.54 Å². The van der Waals surface area contributed by atoms with Crippen molar-refractivity contribution in [2.75, 3.05) is 23.3 Å². The summed E-state index contributed by atoms with van der Waals surface area (Å²) in [4.78, 5) is 11.6. The number of nitrogens with zero attached hydrogens (tertiary/aromatic N) is 3. The zero-order valence-electron chi connectivity index (χ0n) is 14.8. The van der Waals surface area contributed by atoms with E-state index in [4.69, 9.17) is 10.7 Å². The third-order valence-electron chi connectivity index (χ3n) is 4.21. The highest BCUT2D eigenvalue weighted by molar-refractivity contribution is 14.0. The molecule has 6 heteroatoms. The summed E-state index contributed by atoms with van der Waals surface area (Å²) in [6.45, 7) is 6.76. The van der Waals surface area contributed by atoms with Crippen LogP contribution in [0.4, 0.5) is 11.5 Å². The number of pyridine rings is 1. The van der Waals surface area contributed by atoms with Crippen molar-refractivity contribution in [2.45, 2.75) is 33.2 Å². The molecular formula is C19H26IN5. The lowest BCUT2D eigenvalue weighted by molar-refractivity contribution is 0.898. The molecule has 2 heterocycles. The number of aliphatic imine (C=N–C) groups is 1. The van der Waals surface area contributed by atoms with Crippen molar-refractivity contribution in [3.63, 3.8) is 0 Å². The number of hydrogen-bond acceptors (Lipinski definition) is 3. The second kappa shape index (κ2) is 9.03. The Labute approximate surface area is 166 Å². The highest BCUT2D eigenvalue weighted by Gasteiger charge is 2.17. The summed E-state index contributed by atoms with van der Waals surface area (Å²) in [5.74, 6) is 1.48. The zero-order valence-corrected chi connectivity index (χ0v) is 17.2. The van der Waals surface area contributed by atoms with Crippen molar-refractivity contribution in [1.29, 1.82) is 0 Å². The fourth-order valence-electron chi connectivity index (χ4n) is 2.98. The lowest BCUT2D eigenvalue weighted by Gasteiger charge is -2.20. The van der Waals surface area contributed by atoms with Crippen LogP contribution in [0.15, 0.2) is 41.4 Å². The Balaban J connectivity index is 0.00000225. The maximum Gasteiger partial charge on any atom is 0.193 e. The highest BCUT2D eigenvalue weighted by atomic mass is 127. The Hall–Kier alpha value is -1.83. The first-order chi connectivity index (χ1) is 11.6. The summed E-state index contributed by atoms with van der Waals surface area (Å²) >= 11 is 0. The van der Waals surface area contributed by atoms with E-state index in [2.05, 4.69) is 34.3 Å². The standard InChI is InChI=1S/C19H25N5.HI/c1-14-6-5-7-17(12-14)23-19(20)21-13-16-9-8-15(2)22-18(16)24-10-3-4-11-24;/h5-9,12H,3-4,10-11,13H2,1-2H3,(H3,20,21,23);1H. The summed E-state index contributed by atoms with van der Waals surface area (Å²) < 4.78 is 0. The first-order valence-electron chi connectivity index (χ1n) is 8.47. The first kappa shape index (κ1) is 19.5. The second-order valence-corrected chi connectivity index (χ2v) is 6.33. The summed E-state index contributed by atoms with van der Waals surface area (Å²) in [7, 11) is 0. The van der Waals surface area contributed by atoms with Gasteiger partial charge in [-0.05, 0) is 50.5 Å². The van der Waals surface area contributed by atoms with Crippen LogP contribution in [0.3, 0.4) is 0 Å². The van der Waals surface area contributed by atoms with E-state index in [9.17, 15) is 0 Å². The van der Waals surface area contributed by atoms with E-state index < -0.39 is 0 Å². The topological polar surface area (TPSA) is 66.5 Å².